The molecule has 4 nitrogen and oxygen atoms in total. The second kappa shape index (κ2) is 6.54. The molecule has 2 aromatic carbocycles. The van der Waals surface area contributed by atoms with Crippen LogP contribution in [0.1, 0.15) is 29.3 Å². The summed E-state index contributed by atoms with van der Waals surface area (Å²) in [5.41, 5.74) is 3.67. The maximum absolute atomic E-state index is 13.6. The fourth-order valence-electron chi connectivity index (χ4n) is 4.01. The highest BCUT2D eigenvalue weighted by Gasteiger charge is 2.45. The average molecular weight is 382 g/mol. The molecule has 0 saturated heterocycles. The molecule has 5 heteroatoms. The zero-order chi connectivity index (χ0) is 19.2. The second-order valence-electron chi connectivity index (χ2n) is 7.14. The molecule has 0 aliphatic carbocycles. The first-order chi connectivity index (χ1) is 13.0. The van der Waals surface area contributed by atoms with Gasteiger partial charge in [-0.3, -0.25) is 14.2 Å². The van der Waals surface area contributed by atoms with Gasteiger partial charge in [0.05, 0.1) is 28.9 Å². The topological polar surface area (TPSA) is 48.3 Å². The summed E-state index contributed by atoms with van der Waals surface area (Å²) < 4.78 is 6.92. The van der Waals surface area contributed by atoms with Crippen molar-refractivity contribution in [2.45, 2.75) is 25.7 Å². The SMILES string of the molecule is Cc1cccc2c1cc1n2C(=O)C(C)(CC(=O)OCCCl)c2ccccc2-1. The molecule has 1 aliphatic heterocycles. The number of carbonyl (C=O) groups is 2. The number of hydrogen-bond donors (Lipinski definition) is 0. The summed E-state index contributed by atoms with van der Waals surface area (Å²) in [4.78, 5) is 26.0. The quantitative estimate of drug-likeness (QED) is 0.486. The van der Waals surface area contributed by atoms with Gasteiger partial charge in [-0.1, -0.05) is 36.4 Å². The first-order valence-electron chi connectivity index (χ1n) is 8.94. The van der Waals surface area contributed by atoms with E-state index >= 15 is 0 Å². The molecule has 1 unspecified atom stereocenters. The molecular formula is C22H20ClNO3. The van der Waals surface area contributed by atoms with Crippen molar-refractivity contribution in [3.05, 3.63) is 59.7 Å². The summed E-state index contributed by atoms with van der Waals surface area (Å²) in [5, 5.41) is 1.05. The van der Waals surface area contributed by atoms with Crippen LogP contribution in [0.15, 0.2) is 48.5 Å². The largest absolute Gasteiger partial charge is 0.464 e. The van der Waals surface area contributed by atoms with E-state index in [2.05, 4.69) is 6.07 Å². The van der Waals surface area contributed by atoms with Crippen LogP contribution in [0.2, 0.25) is 0 Å². The summed E-state index contributed by atoms with van der Waals surface area (Å²) in [5.74, 6) is -0.296. The Bertz CT molecular complexity index is 1070. The van der Waals surface area contributed by atoms with Gasteiger partial charge in [-0.15, -0.1) is 11.6 Å². The molecule has 0 bridgehead atoms. The van der Waals surface area contributed by atoms with Crippen molar-refractivity contribution in [2.75, 3.05) is 12.5 Å². The third kappa shape index (κ3) is 2.67. The molecule has 3 aromatic rings. The van der Waals surface area contributed by atoms with Crippen LogP contribution in [0.4, 0.5) is 0 Å². The van der Waals surface area contributed by atoms with E-state index in [9.17, 15) is 9.59 Å². The summed E-state index contributed by atoms with van der Waals surface area (Å²) in [7, 11) is 0. The van der Waals surface area contributed by atoms with Crippen LogP contribution in [0.5, 0.6) is 0 Å². The molecule has 0 amide bonds. The van der Waals surface area contributed by atoms with Crippen LogP contribution >= 0.6 is 11.6 Å². The second-order valence-corrected chi connectivity index (χ2v) is 7.52. The average Bonchev–Trinajstić information content (AvgIpc) is 3.06. The third-order valence-corrected chi connectivity index (χ3v) is 5.53. The molecule has 27 heavy (non-hydrogen) atoms. The Balaban J connectivity index is 1.92. The maximum Gasteiger partial charge on any atom is 0.307 e. The highest BCUT2D eigenvalue weighted by molar-refractivity contribution is 6.18. The number of carbonyl (C=O) groups excluding carboxylic acids is 2. The van der Waals surface area contributed by atoms with Crippen LogP contribution < -0.4 is 0 Å². The highest BCUT2D eigenvalue weighted by Crippen LogP contribution is 2.44. The zero-order valence-corrected chi connectivity index (χ0v) is 16.0. The van der Waals surface area contributed by atoms with Gasteiger partial charge in [-0.2, -0.15) is 0 Å². The molecule has 0 N–H and O–H groups in total. The molecule has 4 rings (SSSR count). The number of halogens is 1. The van der Waals surface area contributed by atoms with Crippen molar-refractivity contribution < 1.29 is 14.3 Å². The Hall–Kier alpha value is -2.59. The maximum atomic E-state index is 13.6. The van der Waals surface area contributed by atoms with Gasteiger partial charge in [0.25, 0.3) is 0 Å². The molecule has 1 atom stereocenters. The number of alkyl halides is 1. The minimum atomic E-state index is -0.997. The number of esters is 1. The standard InChI is InChI=1S/C22H20ClNO3/c1-14-6-5-9-18-16(14)12-19-15-7-3-4-8-17(15)22(2,21(26)24(18)19)13-20(25)27-11-10-23/h3-9,12H,10-11,13H2,1-2H3. The van der Waals surface area contributed by atoms with Crippen molar-refractivity contribution in [2.24, 2.45) is 0 Å². The minimum absolute atomic E-state index is 0.0232. The van der Waals surface area contributed by atoms with Gasteiger partial charge < -0.3 is 4.74 Å². The van der Waals surface area contributed by atoms with Gasteiger partial charge in [-0.05, 0) is 37.1 Å². The Kier molecular flexibility index (Phi) is 4.31. The number of fused-ring (bicyclic) bond motifs is 5. The van der Waals surface area contributed by atoms with Crippen molar-refractivity contribution in [1.82, 2.24) is 4.57 Å². The van der Waals surface area contributed by atoms with E-state index in [-0.39, 0.29) is 24.8 Å². The fraction of sp³-hybridized carbons (Fsp3) is 0.273. The Morgan fingerprint density at radius 3 is 2.74 bits per heavy atom. The molecular weight excluding hydrogens is 362 g/mol. The number of ether oxygens (including phenoxy) is 1. The van der Waals surface area contributed by atoms with Gasteiger partial charge in [-0.25, -0.2) is 0 Å². The number of aromatic nitrogens is 1. The minimum Gasteiger partial charge on any atom is -0.464 e. The smallest absolute Gasteiger partial charge is 0.307 e. The summed E-state index contributed by atoms with van der Waals surface area (Å²) in [6.45, 7) is 4.00. The Morgan fingerprint density at radius 1 is 1.19 bits per heavy atom. The van der Waals surface area contributed by atoms with Crippen molar-refractivity contribution in [1.29, 1.82) is 0 Å². The van der Waals surface area contributed by atoms with Crippen molar-refractivity contribution >= 4 is 34.4 Å². The molecule has 2 heterocycles. The molecule has 0 fully saturated rings. The Morgan fingerprint density at radius 2 is 1.96 bits per heavy atom. The van der Waals surface area contributed by atoms with Crippen LogP contribution in [0.3, 0.4) is 0 Å². The van der Waals surface area contributed by atoms with Crippen LogP contribution in [-0.2, 0) is 14.9 Å². The monoisotopic (exact) mass is 381 g/mol. The van der Waals surface area contributed by atoms with Gasteiger partial charge in [0, 0.05) is 10.9 Å². The molecule has 0 spiro atoms. The van der Waals surface area contributed by atoms with E-state index in [1.54, 1.807) is 4.57 Å². The van der Waals surface area contributed by atoms with Gasteiger partial charge >= 0.3 is 5.97 Å². The number of rotatable bonds is 4. The molecule has 138 valence electrons. The van der Waals surface area contributed by atoms with E-state index in [1.807, 2.05) is 56.3 Å². The van der Waals surface area contributed by atoms with Gasteiger partial charge in [0.1, 0.15) is 6.61 Å². The number of hydrogen-bond acceptors (Lipinski definition) is 3. The first kappa shape index (κ1) is 17.8. The first-order valence-corrected chi connectivity index (χ1v) is 9.48. The predicted molar refractivity (Wildman–Crippen MR) is 106 cm³/mol. The third-order valence-electron chi connectivity index (χ3n) is 5.37. The lowest BCUT2D eigenvalue weighted by molar-refractivity contribution is -0.144. The number of aryl methyl sites for hydroxylation is 1. The number of nitrogens with zero attached hydrogens (tertiary/aromatic N) is 1. The van der Waals surface area contributed by atoms with Crippen LogP contribution in [0, 0.1) is 6.92 Å². The summed E-state index contributed by atoms with van der Waals surface area (Å²) in [6.07, 6.45) is -0.0232. The lowest BCUT2D eigenvalue weighted by Gasteiger charge is -2.35. The highest BCUT2D eigenvalue weighted by atomic mass is 35.5. The fourth-order valence-corrected chi connectivity index (χ4v) is 4.09. The van der Waals surface area contributed by atoms with Crippen LogP contribution in [0.25, 0.3) is 22.2 Å². The van der Waals surface area contributed by atoms with Crippen molar-refractivity contribution in [3.63, 3.8) is 0 Å². The lowest BCUT2D eigenvalue weighted by Crippen LogP contribution is -2.42. The normalized spacial score (nSPS) is 18.3. The Labute approximate surface area is 162 Å². The van der Waals surface area contributed by atoms with E-state index in [0.717, 1.165) is 33.3 Å². The van der Waals surface area contributed by atoms with Gasteiger partial charge in [0.2, 0.25) is 5.91 Å². The summed E-state index contributed by atoms with van der Waals surface area (Å²) in [6, 6.07) is 15.8. The predicted octanol–water partition coefficient (Wildman–Crippen LogP) is 4.70. The van der Waals surface area contributed by atoms with E-state index < -0.39 is 11.4 Å². The molecule has 0 saturated carbocycles. The lowest BCUT2D eigenvalue weighted by atomic mass is 9.73. The van der Waals surface area contributed by atoms with Crippen molar-refractivity contribution in [3.8, 4) is 11.3 Å². The zero-order valence-electron chi connectivity index (χ0n) is 15.3. The molecule has 1 aliphatic rings. The molecule has 1 aromatic heterocycles. The van der Waals surface area contributed by atoms with E-state index in [4.69, 9.17) is 16.3 Å². The summed E-state index contributed by atoms with van der Waals surface area (Å²) >= 11 is 5.62. The van der Waals surface area contributed by atoms with Gasteiger partial charge in [0.15, 0.2) is 0 Å². The van der Waals surface area contributed by atoms with E-state index in [0.29, 0.717) is 0 Å². The van der Waals surface area contributed by atoms with E-state index in [1.165, 1.54) is 0 Å². The number of benzene rings is 2. The molecule has 0 radical (unpaired) electrons. The van der Waals surface area contributed by atoms with Crippen LogP contribution in [-0.4, -0.2) is 28.9 Å².